The number of nitrogens with one attached hydrogen (secondary N) is 1. The van der Waals surface area contributed by atoms with E-state index in [1.807, 2.05) is 12.1 Å². The van der Waals surface area contributed by atoms with Crippen LogP contribution in [0.3, 0.4) is 0 Å². The van der Waals surface area contributed by atoms with E-state index in [1.165, 1.54) is 5.56 Å². The summed E-state index contributed by atoms with van der Waals surface area (Å²) in [4.78, 5) is 26.1. The Labute approximate surface area is 143 Å². The quantitative estimate of drug-likeness (QED) is 0.661. The fraction of sp³-hybridized carbons (Fsp3) is 0.556. The van der Waals surface area contributed by atoms with Crippen molar-refractivity contribution >= 4 is 12.4 Å². The van der Waals surface area contributed by atoms with Gasteiger partial charge in [0.1, 0.15) is 12.4 Å². The molecule has 1 aliphatic heterocycles. The van der Waals surface area contributed by atoms with E-state index < -0.39 is 0 Å². The molecule has 2 rings (SSSR count). The first kappa shape index (κ1) is 18.1. The number of piperazine rings is 1. The van der Waals surface area contributed by atoms with Crippen molar-refractivity contribution in [3.05, 3.63) is 29.8 Å². The Bertz CT molecular complexity index is 544. The predicted octanol–water partition coefficient (Wildman–Crippen LogP) is 1.85. The summed E-state index contributed by atoms with van der Waals surface area (Å²) in [6.07, 6.45) is 0.827. The summed E-state index contributed by atoms with van der Waals surface area (Å²) < 4.78 is 5.66. The van der Waals surface area contributed by atoms with Crippen LogP contribution in [0.4, 0.5) is 4.79 Å². The van der Waals surface area contributed by atoms with Gasteiger partial charge in [0.05, 0.1) is 6.54 Å². The minimum Gasteiger partial charge on any atom is -0.492 e. The van der Waals surface area contributed by atoms with E-state index in [2.05, 4.69) is 38.2 Å². The van der Waals surface area contributed by atoms with Crippen molar-refractivity contribution in [2.45, 2.75) is 26.2 Å². The van der Waals surface area contributed by atoms with E-state index in [9.17, 15) is 9.59 Å². The highest BCUT2D eigenvalue weighted by atomic mass is 16.5. The Kier molecular flexibility index (Phi) is 6.06. The fourth-order valence-electron chi connectivity index (χ4n) is 2.52. The molecule has 1 fully saturated rings. The van der Waals surface area contributed by atoms with E-state index in [-0.39, 0.29) is 11.4 Å². The molecule has 0 aromatic heterocycles. The smallest absolute Gasteiger partial charge is 0.317 e. The molecule has 3 amide bonds. The molecular weight excluding hydrogens is 306 g/mol. The van der Waals surface area contributed by atoms with Gasteiger partial charge >= 0.3 is 6.03 Å². The summed E-state index contributed by atoms with van der Waals surface area (Å²) in [6.45, 7) is 9.72. The third-order valence-corrected chi connectivity index (χ3v) is 4.12. The average Bonchev–Trinajstić information content (AvgIpc) is 2.58. The second kappa shape index (κ2) is 8.04. The first-order chi connectivity index (χ1) is 11.4. The van der Waals surface area contributed by atoms with Gasteiger partial charge in [-0.05, 0) is 23.1 Å². The summed E-state index contributed by atoms with van der Waals surface area (Å²) in [5.41, 5.74) is 1.39. The summed E-state index contributed by atoms with van der Waals surface area (Å²) in [6, 6.07) is 7.95. The molecule has 1 aromatic rings. The maximum atomic E-state index is 12.0. The van der Waals surface area contributed by atoms with Crippen LogP contribution in [0.25, 0.3) is 0 Å². The zero-order chi connectivity index (χ0) is 17.6. The van der Waals surface area contributed by atoms with Crippen molar-refractivity contribution in [3.8, 4) is 5.75 Å². The van der Waals surface area contributed by atoms with Gasteiger partial charge in [0.2, 0.25) is 6.41 Å². The lowest BCUT2D eigenvalue weighted by molar-refractivity contribution is -0.119. The van der Waals surface area contributed by atoms with Gasteiger partial charge in [-0.2, -0.15) is 0 Å². The van der Waals surface area contributed by atoms with Crippen molar-refractivity contribution < 1.29 is 14.3 Å². The van der Waals surface area contributed by atoms with Crippen LogP contribution >= 0.6 is 0 Å². The molecule has 0 aliphatic carbocycles. The van der Waals surface area contributed by atoms with Gasteiger partial charge in [0.15, 0.2) is 0 Å². The van der Waals surface area contributed by atoms with Crippen molar-refractivity contribution in [1.29, 1.82) is 0 Å². The van der Waals surface area contributed by atoms with Crippen molar-refractivity contribution in [2.24, 2.45) is 0 Å². The topological polar surface area (TPSA) is 61.9 Å². The van der Waals surface area contributed by atoms with Crippen LogP contribution in [-0.2, 0) is 10.2 Å². The SMILES string of the molecule is CC(C)(C)c1ccc(OCCNC(=O)N2CCN(C=O)CC2)cc1. The van der Waals surface area contributed by atoms with E-state index in [0.29, 0.717) is 39.3 Å². The van der Waals surface area contributed by atoms with E-state index in [1.54, 1.807) is 9.80 Å². The van der Waals surface area contributed by atoms with Gasteiger partial charge in [-0.1, -0.05) is 32.9 Å². The van der Waals surface area contributed by atoms with Gasteiger partial charge < -0.3 is 19.9 Å². The second-order valence-electron chi connectivity index (χ2n) is 6.98. The van der Waals surface area contributed by atoms with E-state index >= 15 is 0 Å². The highest BCUT2D eigenvalue weighted by Gasteiger charge is 2.19. The number of urea groups is 1. The van der Waals surface area contributed by atoms with Gasteiger partial charge in [0, 0.05) is 26.2 Å². The number of rotatable bonds is 5. The molecule has 0 saturated carbocycles. The molecule has 1 saturated heterocycles. The van der Waals surface area contributed by atoms with Crippen LogP contribution in [-0.4, -0.2) is 61.6 Å². The van der Waals surface area contributed by atoms with Crippen molar-refractivity contribution in [2.75, 3.05) is 39.3 Å². The largest absolute Gasteiger partial charge is 0.492 e. The number of hydrogen-bond donors (Lipinski definition) is 1. The van der Waals surface area contributed by atoms with Crippen LogP contribution in [0.1, 0.15) is 26.3 Å². The summed E-state index contributed by atoms with van der Waals surface area (Å²) in [7, 11) is 0. The molecule has 1 aromatic carbocycles. The number of amides is 3. The number of hydrogen-bond acceptors (Lipinski definition) is 3. The summed E-state index contributed by atoms with van der Waals surface area (Å²) in [5.74, 6) is 0.803. The lowest BCUT2D eigenvalue weighted by Crippen LogP contribution is -2.51. The molecule has 1 heterocycles. The molecule has 0 unspecified atom stereocenters. The van der Waals surface area contributed by atoms with Gasteiger partial charge in [-0.25, -0.2) is 4.79 Å². The summed E-state index contributed by atoms with van der Waals surface area (Å²) in [5, 5.41) is 2.85. The highest BCUT2D eigenvalue weighted by Crippen LogP contribution is 2.24. The Morgan fingerprint density at radius 2 is 1.79 bits per heavy atom. The molecule has 6 nitrogen and oxygen atoms in total. The number of benzene rings is 1. The zero-order valence-corrected chi connectivity index (χ0v) is 14.7. The lowest BCUT2D eigenvalue weighted by atomic mass is 9.87. The molecule has 1 N–H and O–H groups in total. The first-order valence-corrected chi connectivity index (χ1v) is 8.35. The zero-order valence-electron chi connectivity index (χ0n) is 14.7. The van der Waals surface area contributed by atoms with Crippen LogP contribution in [0.2, 0.25) is 0 Å². The van der Waals surface area contributed by atoms with Gasteiger partial charge in [-0.15, -0.1) is 0 Å². The van der Waals surface area contributed by atoms with Crippen LogP contribution in [0.5, 0.6) is 5.75 Å². The molecule has 1 aliphatic rings. The van der Waals surface area contributed by atoms with E-state index in [0.717, 1.165) is 12.2 Å². The van der Waals surface area contributed by atoms with Crippen LogP contribution < -0.4 is 10.1 Å². The third kappa shape index (κ3) is 5.15. The second-order valence-corrected chi connectivity index (χ2v) is 6.98. The summed E-state index contributed by atoms with van der Waals surface area (Å²) >= 11 is 0. The monoisotopic (exact) mass is 333 g/mol. The minimum absolute atomic E-state index is 0.104. The molecule has 24 heavy (non-hydrogen) atoms. The van der Waals surface area contributed by atoms with Crippen LogP contribution in [0.15, 0.2) is 24.3 Å². The normalized spacial score (nSPS) is 15.1. The molecule has 0 radical (unpaired) electrons. The molecule has 0 spiro atoms. The standard InChI is InChI=1S/C18H27N3O3/c1-18(2,3)15-4-6-16(7-5-15)24-13-8-19-17(23)21-11-9-20(14-22)10-12-21/h4-7,14H,8-13H2,1-3H3,(H,19,23). The Hall–Kier alpha value is -2.24. The molecule has 0 bridgehead atoms. The van der Waals surface area contributed by atoms with Gasteiger partial charge in [0.25, 0.3) is 0 Å². The molecule has 132 valence electrons. The molecular formula is C18H27N3O3. The Morgan fingerprint density at radius 1 is 1.17 bits per heavy atom. The number of carbonyl (C=O) groups is 2. The number of nitrogens with zero attached hydrogens (tertiary/aromatic N) is 2. The third-order valence-electron chi connectivity index (χ3n) is 4.12. The Morgan fingerprint density at radius 3 is 2.33 bits per heavy atom. The number of ether oxygens (including phenoxy) is 1. The molecule has 6 heteroatoms. The van der Waals surface area contributed by atoms with Crippen molar-refractivity contribution in [3.63, 3.8) is 0 Å². The maximum absolute atomic E-state index is 12.0. The first-order valence-electron chi connectivity index (χ1n) is 8.35. The van der Waals surface area contributed by atoms with Crippen LogP contribution in [0, 0.1) is 0 Å². The minimum atomic E-state index is -0.104. The highest BCUT2D eigenvalue weighted by molar-refractivity contribution is 5.74. The van der Waals surface area contributed by atoms with Gasteiger partial charge in [-0.3, -0.25) is 4.79 Å². The lowest BCUT2D eigenvalue weighted by Gasteiger charge is -2.32. The maximum Gasteiger partial charge on any atom is 0.317 e. The van der Waals surface area contributed by atoms with Crippen molar-refractivity contribution in [1.82, 2.24) is 15.1 Å². The Balaban J connectivity index is 1.67. The predicted molar refractivity (Wildman–Crippen MR) is 93.2 cm³/mol. The van der Waals surface area contributed by atoms with E-state index in [4.69, 9.17) is 4.74 Å². The molecule has 0 atom stereocenters. The number of carbonyl (C=O) groups excluding carboxylic acids is 2. The average molecular weight is 333 g/mol. The fourth-order valence-corrected chi connectivity index (χ4v) is 2.52.